The molecule has 0 fully saturated rings. The van der Waals surface area contributed by atoms with E-state index in [1.807, 2.05) is 4.90 Å². The number of hydrogen-bond acceptors (Lipinski definition) is 5. The van der Waals surface area contributed by atoms with E-state index < -0.39 is 0 Å². The summed E-state index contributed by atoms with van der Waals surface area (Å²) in [6.45, 7) is 7.41. The van der Waals surface area contributed by atoms with Gasteiger partial charge in [-0.05, 0) is 68.7 Å². The molecular weight excluding hydrogens is 482 g/mol. The molecule has 0 aliphatic heterocycles. The lowest BCUT2D eigenvalue weighted by molar-refractivity contribution is -0.145. The van der Waals surface area contributed by atoms with E-state index in [1.165, 1.54) is 31.4 Å². The summed E-state index contributed by atoms with van der Waals surface area (Å²) in [7, 11) is 3.16. The van der Waals surface area contributed by atoms with Crippen molar-refractivity contribution in [3.8, 4) is 0 Å². The topological polar surface area (TPSA) is 48.0 Å². The van der Waals surface area contributed by atoms with Crippen LogP contribution in [0.4, 0.5) is 0 Å². The molecule has 0 heterocycles. The zero-order valence-electron chi connectivity index (χ0n) is 22.6. The minimum Gasteiger partial charge on any atom is -0.465 e. The predicted molar refractivity (Wildman–Crippen MR) is 150 cm³/mol. The number of carbonyl (C=O) groups is 1. The normalized spacial score (nSPS) is 11.3. The summed E-state index contributed by atoms with van der Waals surface area (Å²) >= 11 is 0. The van der Waals surface area contributed by atoms with E-state index in [-0.39, 0.29) is 23.4 Å². The zero-order chi connectivity index (χ0) is 26.5. The first-order valence-electron chi connectivity index (χ1n) is 12.8. The van der Waals surface area contributed by atoms with Gasteiger partial charge in [-0.2, -0.15) is 0 Å². The molecule has 0 aliphatic carbocycles. The number of hydrogen-bond donors (Lipinski definition) is 0. The van der Waals surface area contributed by atoms with Gasteiger partial charge in [-0.3, -0.25) is 9.69 Å². The third kappa shape index (κ3) is 9.63. The lowest BCUT2D eigenvalue weighted by atomic mass is 10.1. The average Bonchev–Trinajstić information content (AvgIpc) is 2.91. The van der Waals surface area contributed by atoms with Gasteiger partial charge in [-0.25, -0.2) is 0 Å². The van der Waals surface area contributed by atoms with Gasteiger partial charge < -0.3 is 14.2 Å². The first-order valence-corrected chi connectivity index (χ1v) is 14.0. The molecule has 0 N–H and O–H groups in total. The van der Waals surface area contributed by atoms with Gasteiger partial charge in [0.05, 0.1) is 37.3 Å². The van der Waals surface area contributed by atoms with Crippen LogP contribution in [-0.2, 0) is 36.3 Å². The van der Waals surface area contributed by atoms with Crippen LogP contribution in [0.2, 0.25) is 0 Å². The lowest BCUT2D eigenvalue weighted by Gasteiger charge is -2.20. The molecule has 3 rings (SSSR count). The largest absolute Gasteiger partial charge is 0.465 e. The molecule has 0 atom stereocenters. The molecule has 0 amide bonds. The molecular formula is C31H40NO4S+. The van der Waals surface area contributed by atoms with Crippen molar-refractivity contribution in [2.75, 3.05) is 53.7 Å². The fourth-order valence-corrected chi connectivity index (χ4v) is 5.99. The van der Waals surface area contributed by atoms with Crippen LogP contribution in [0.3, 0.4) is 0 Å². The van der Waals surface area contributed by atoms with Crippen molar-refractivity contribution in [2.45, 2.75) is 41.4 Å². The van der Waals surface area contributed by atoms with Crippen LogP contribution in [0, 0.1) is 13.8 Å². The molecule has 0 saturated heterocycles. The number of rotatable bonds is 15. The maximum absolute atomic E-state index is 12.3. The molecule has 0 spiro atoms. The lowest BCUT2D eigenvalue weighted by Crippen LogP contribution is -2.36. The summed E-state index contributed by atoms with van der Waals surface area (Å²) < 4.78 is 15.7. The fraction of sp³-hybridized carbons (Fsp3) is 0.387. The van der Waals surface area contributed by atoms with Gasteiger partial charge in [0, 0.05) is 27.3 Å². The van der Waals surface area contributed by atoms with Crippen LogP contribution in [0.1, 0.15) is 23.1 Å². The first kappa shape index (κ1) is 28.9. The summed E-state index contributed by atoms with van der Waals surface area (Å²) in [5, 5.41) is 0. The van der Waals surface area contributed by atoms with E-state index in [2.05, 4.69) is 86.6 Å². The number of ether oxygens (including phenoxy) is 3. The SMILES string of the molecule is COCCN(CCOC)CC(=O)OCCCc1ccc([S+](c2ccc(C)cc2)c2ccc(C)cc2)cc1. The van der Waals surface area contributed by atoms with E-state index in [1.54, 1.807) is 14.2 Å². The van der Waals surface area contributed by atoms with Crippen molar-refractivity contribution in [1.82, 2.24) is 4.90 Å². The van der Waals surface area contributed by atoms with Gasteiger partial charge in [0.15, 0.2) is 14.7 Å². The Labute approximate surface area is 225 Å². The molecule has 0 aliphatic rings. The smallest absolute Gasteiger partial charge is 0.320 e. The van der Waals surface area contributed by atoms with Crippen molar-refractivity contribution in [3.05, 3.63) is 89.5 Å². The molecule has 0 saturated carbocycles. The fourth-order valence-electron chi connectivity index (χ4n) is 3.95. The Bertz CT molecular complexity index is 1010. The molecule has 0 unspecified atom stereocenters. The predicted octanol–water partition coefficient (Wildman–Crippen LogP) is 5.47. The molecule has 3 aromatic rings. The van der Waals surface area contributed by atoms with Crippen molar-refractivity contribution in [1.29, 1.82) is 0 Å². The van der Waals surface area contributed by atoms with Gasteiger partial charge in [0.25, 0.3) is 0 Å². The highest BCUT2D eigenvalue weighted by Gasteiger charge is 2.28. The van der Waals surface area contributed by atoms with E-state index in [0.717, 1.165) is 12.8 Å². The Kier molecular flexibility index (Phi) is 12.2. The molecule has 198 valence electrons. The Morgan fingerprint density at radius 1 is 0.703 bits per heavy atom. The number of nitrogens with zero attached hydrogens (tertiary/aromatic N) is 1. The van der Waals surface area contributed by atoms with Gasteiger partial charge in [-0.1, -0.05) is 47.5 Å². The van der Waals surface area contributed by atoms with Crippen LogP contribution < -0.4 is 0 Å². The Morgan fingerprint density at radius 2 is 1.16 bits per heavy atom. The molecule has 3 aromatic carbocycles. The summed E-state index contributed by atoms with van der Waals surface area (Å²) in [5.41, 5.74) is 3.79. The average molecular weight is 523 g/mol. The standard InChI is InChI=1S/C31H40NO4S/c1-25-7-13-28(14-8-25)37(29-15-9-26(2)10-16-29)30-17-11-27(12-18-30)6-5-21-36-31(33)24-32(19-22-34-3)20-23-35-4/h7-18H,5-6,19-24H2,1-4H3/q+1. The van der Waals surface area contributed by atoms with E-state index in [4.69, 9.17) is 14.2 Å². The minimum absolute atomic E-state index is 0.156. The van der Waals surface area contributed by atoms with Crippen LogP contribution >= 0.6 is 0 Å². The second-order valence-electron chi connectivity index (χ2n) is 9.16. The third-order valence-corrected chi connectivity index (χ3v) is 8.35. The summed E-state index contributed by atoms with van der Waals surface area (Å²) in [6, 6.07) is 26.6. The van der Waals surface area contributed by atoms with Crippen LogP contribution in [-0.4, -0.2) is 64.5 Å². The van der Waals surface area contributed by atoms with Crippen molar-refractivity contribution >= 4 is 16.9 Å². The Morgan fingerprint density at radius 3 is 1.62 bits per heavy atom. The van der Waals surface area contributed by atoms with Crippen LogP contribution in [0.5, 0.6) is 0 Å². The van der Waals surface area contributed by atoms with Crippen molar-refractivity contribution in [2.24, 2.45) is 0 Å². The van der Waals surface area contributed by atoms with E-state index in [0.29, 0.717) is 32.9 Å². The van der Waals surface area contributed by atoms with Crippen LogP contribution in [0.25, 0.3) is 0 Å². The van der Waals surface area contributed by atoms with Gasteiger partial charge in [-0.15, -0.1) is 0 Å². The molecule has 6 heteroatoms. The quantitative estimate of drug-likeness (QED) is 0.151. The molecule has 0 bridgehead atoms. The monoisotopic (exact) mass is 522 g/mol. The maximum Gasteiger partial charge on any atom is 0.320 e. The van der Waals surface area contributed by atoms with Gasteiger partial charge in [0.1, 0.15) is 0 Å². The van der Waals surface area contributed by atoms with Gasteiger partial charge in [0.2, 0.25) is 0 Å². The summed E-state index contributed by atoms with van der Waals surface area (Å²) in [5.74, 6) is -0.206. The Balaban J connectivity index is 1.56. The third-order valence-electron chi connectivity index (χ3n) is 6.12. The number of benzene rings is 3. The van der Waals surface area contributed by atoms with Crippen molar-refractivity contribution < 1.29 is 19.0 Å². The highest BCUT2D eigenvalue weighted by Crippen LogP contribution is 2.31. The highest BCUT2D eigenvalue weighted by atomic mass is 32.2. The summed E-state index contributed by atoms with van der Waals surface area (Å²) in [6.07, 6.45) is 1.66. The van der Waals surface area contributed by atoms with Crippen LogP contribution in [0.15, 0.2) is 87.5 Å². The maximum atomic E-state index is 12.3. The second-order valence-corrected chi connectivity index (χ2v) is 11.2. The first-order chi connectivity index (χ1) is 18.0. The number of methoxy groups -OCH3 is 2. The number of carbonyl (C=O) groups excluding carboxylic acids is 1. The summed E-state index contributed by atoms with van der Waals surface area (Å²) in [4.78, 5) is 18.2. The molecule has 37 heavy (non-hydrogen) atoms. The number of esters is 1. The Hall–Kier alpha value is -2.64. The molecule has 0 aromatic heterocycles. The minimum atomic E-state index is -0.206. The van der Waals surface area contributed by atoms with Crippen molar-refractivity contribution in [3.63, 3.8) is 0 Å². The zero-order valence-corrected chi connectivity index (χ0v) is 23.4. The molecule has 0 radical (unpaired) electrons. The van der Waals surface area contributed by atoms with E-state index in [9.17, 15) is 4.79 Å². The highest BCUT2D eigenvalue weighted by molar-refractivity contribution is 7.97. The van der Waals surface area contributed by atoms with Gasteiger partial charge >= 0.3 is 5.97 Å². The van der Waals surface area contributed by atoms with E-state index >= 15 is 0 Å². The molecule has 5 nitrogen and oxygen atoms in total. The number of aryl methyl sites for hydroxylation is 3. The second kappa shape index (κ2) is 15.6.